The third-order valence-corrected chi connectivity index (χ3v) is 5.70. The molecule has 174 valence electrons. The zero-order valence-electron chi connectivity index (χ0n) is 19.1. The number of carbonyl (C=O) groups is 1. The van der Waals surface area contributed by atoms with Crippen molar-refractivity contribution in [1.82, 2.24) is 14.5 Å². The number of carbonyl (C=O) groups excluding carboxylic acids is 1. The van der Waals surface area contributed by atoms with E-state index < -0.39 is 5.97 Å². The van der Waals surface area contributed by atoms with Crippen LogP contribution in [0.25, 0.3) is 21.7 Å². The van der Waals surface area contributed by atoms with Crippen LogP contribution < -0.4 is 10.5 Å². The fraction of sp³-hybridized carbons (Fsp3) is 0.111. The number of nitrogens with zero attached hydrogens (tertiary/aromatic N) is 3. The smallest absolute Gasteiger partial charge is 0.354 e. The molecule has 0 fully saturated rings. The van der Waals surface area contributed by atoms with E-state index in [2.05, 4.69) is 9.97 Å². The maximum Gasteiger partial charge on any atom is 0.354 e. The fourth-order valence-electron chi connectivity index (χ4n) is 4.13. The van der Waals surface area contributed by atoms with E-state index in [1.807, 2.05) is 53.1 Å². The molecule has 0 saturated heterocycles. The molecule has 8 nitrogen and oxygen atoms in total. The first-order chi connectivity index (χ1) is 17.0. The molecular weight excluding hydrogens is 442 g/mol. The molecule has 5 aromatic rings. The van der Waals surface area contributed by atoms with Crippen molar-refractivity contribution in [3.8, 4) is 11.8 Å². The second-order valence-electron chi connectivity index (χ2n) is 7.96. The van der Waals surface area contributed by atoms with E-state index in [-0.39, 0.29) is 18.5 Å². The highest BCUT2D eigenvalue weighted by atomic mass is 16.5. The maximum atomic E-state index is 12.9. The van der Waals surface area contributed by atoms with Gasteiger partial charge in [0.15, 0.2) is 0 Å². The minimum Gasteiger partial charge on any atom is -0.461 e. The summed E-state index contributed by atoms with van der Waals surface area (Å²) in [7, 11) is 0. The maximum absolute atomic E-state index is 12.9. The summed E-state index contributed by atoms with van der Waals surface area (Å²) in [4.78, 5) is 21.2. The van der Waals surface area contributed by atoms with Crippen molar-refractivity contribution < 1.29 is 14.3 Å². The van der Waals surface area contributed by atoms with Gasteiger partial charge in [-0.3, -0.25) is 5.41 Å². The largest absolute Gasteiger partial charge is 0.461 e. The normalized spacial score (nSPS) is 11.0. The highest BCUT2D eigenvalue weighted by Gasteiger charge is 2.19. The van der Waals surface area contributed by atoms with Crippen LogP contribution in [-0.2, 0) is 11.3 Å². The molecular formula is C27H23N5O3. The molecule has 0 aliphatic carbocycles. The Balaban J connectivity index is 1.66. The van der Waals surface area contributed by atoms with Crippen LogP contribution in [0.15, 0.2) is 79.1 Å². The van der Waals surface area contributed by atoms with Crippen LogP contribution in [-0.4, -0.2) is 32.9 Å². The Kier molecular flexibility index (Phi) is 5.85. The molecule has 0 aliphatic rings. The predicted octanol–water partition coefficient (Wildman–Crippen LogP) is 4.89. The van der Waals surface area contributed by atoms with Gasteiger partial charge in [-0.1, -0.05) is 36.4 Å². The Hall–Kier alpha value is -4.72. The van der Waals surface area contributed by atoms with Gasteiger partial charge >= 0.3 is 12.0 Å². The summed E-state index contributed by atoms with van der Waals surface area (Å²) in [5.74, 6) is 0.131. The van der Waals surface area contributed by atoms with Gasteiger partial charge in [0.1, 0.15) is 17.3 Å². The summed E-state index contributed by atoms with van der Waals surface area (Å²) in [6.07, 6.45) is 3.24. The first kappa shape index (κ1) is 22.1. The van der Waals surface area contributed by atoms with Gasteiger partial charge in [-0.25, -0.2) is 14.8 Å². The molecule has 5 rings (SSSR count). The van der Waals surface area contributed by atoms with E-state index in [1.54, 1.807) is 37.5 Å². The lowest BCUT2D eigenvalue weighted by molar-refractivity contribution is 0.0515. The highest BCUT2D eigenvalue weighted by Crippen LogP contribution is 2.30. The van der Waals surface area contributed by atoms with Gasteiger partial charge in [0, 0.05) is 35.4 Å². The number of esters is 1. The molecule has 0 bridgehead atoms. The van der Waals surface area contributed by atoms with Crippen LogP contribution in [0, 0.1) is 5.41 Å². The number of hydrogen-bond donors (Lipinski definition) is 2. The van der Waals surface area contributed by atoms with E-state index in [4.69, 9.17) is 20.6 Å². The van der Waals surface area contributed by atoms with E-state index in [9.17, 15) is 4.79 Å². The van der Waals surface area contributed by atoms with Crippen molar-refractivity contribution in [2.24, 2.45) is 5.73 Å². The van der Waals surface area contributed by atoms with Crippen molar-refractivity contribution in [1.29, 1.82) is 5.41 Å². The molecule has 3 N–H and O–H groups in total. The second-order valence-corrected chi connectivity index (χ2v) is 7.96. The van der Waals surface area contributed by atoms with Crippen molar-refractivity contribution in [3.63, 3.8) is 0 Å². The van der Waals surface area contributed by atoms with E-state index in [1.165, 1.54) is 0 Å². The van der Waals surface area contributed by atoms with Gasteiger partial charge in [0.25, 0.3) is 0 Å². The lowest BCUT2D eigenvalue weighted by Gasteiger charge is -2.15. The number of benzene rings is 3. The number of rotatable bonds is 7. The fourth-order valence-corrected chi connectivity index (χ4v) is 4.13. The Bertz CT molecular complexity index is 1560. The van der Waals surface area contributed by atoms with Gasteiger partial charge < -0.3 is 19.8 Å². The SMILES string of the molecule is CCOC(=O)c1cc2ccc(C(=N)N)cc2n1Cc1cc(Oc2ncccn2)cc2ccccc12. The number of nitrogen functional groups attached to an aromatic ring is 1. The number of ether oxygens (including phenoxy) is 2. The molecule has 0 unspecified atom stereocenters. The Labute approximate surface area is 201 Å². The summed E-state index contributed by atoms with van der Waals surface area (Å²) >= 11 is 0. The summed E-state index contributed by atoms with van der Waals surface area (Å²) in [5, 5.41) is 10.7. The second kappa shape index (κ2) is 9.26. The third-order valence-electron chi connectivity index (χ3n) is 5.70. The van der Waals surface area contributed by atoms with Crippen LogP contribution in [0.3, 0.4) is 0 Å². The van der Waals surface area contributed by atoms with E-state index in [0.717, 1.165) is 27.2 Å². The first-order valence-corrected chi connectivity index (χ1v) is 11.1. The van der Waals surface area contributed by atoms with E-state index in [0.29, 0.717) is 23.6 Å². The Morgan fingerprint density at radius 3 is 2.57 bits per heavy atom. The van der Waals surface area contributed by atoms with Crippen molar-refractivity contribution in [3.05, 3.63) is 95.9 Å². The van der Waals surface area contributed by atoms with Crippen LogP contribution in [0.5, 0.6) is 11.8 Å². The third kappa shape index (κ3) is 4.41. The molecule has 0 amide bonds. The molecule has 0 atom stereocenters. The lowest BCUT2D eigenvalue weighted by atomic mass is 10.0. The number of fused-ring (bicyclic) bond motifs is 2. The lowest BCUT2D eigenvalue weighted by Crippen LogP contribution is -2.14. The summed E-state index contributed by atoms with van der Waals surface area (Å²) < 4.78 is 13.2. The molecule has 3 aromatic carbocycles. The minimum atomic E-state index is -0.414. The number of nitrogens with one attached hydrogen (secondary N) is 1. The number of amidine groups is 1. The molecule has 2 heterocycles. The molecule has 8 heteroatoms. The van der Waals surface area contributed by atoms with Gasteiger partial charge in [-0.05, 0) is 53.6 Å². The number of hydrogen-bond acceptors (Lipinski definition) is 6. The standard InChI is InChI=1S/C27H23N5O3/c1-2-34-26(33)24-14-18-8-9-19(25(28)29)15-23(18)32(24)16-20-13-21(35-27-30-10-5-11-31-27)12-17-6-3-4-7-22(17)20/h3-15H,2,16H2,1H3,(H3,28,29). The van der Waals surface area contributed by atoms with Gasteiger partial charge in [-0.2, -0.15) is 0 Å². The summed E-state index contributed by atoms with van der Waals surface area (Å²) in [5.41, 5.74) is 8.46. The quantitative estimate of drug-likeness (QED) is 0.201. The predicted molar refractivity (Wildman–Crippen MR) is 134 cm³/mol. The van der Waals surface area contributed by atoms with Gasteiger partial charge in [0.2, 0.25) is 0 Å². The Morgan fingerprint density at radius 1 is 1.00 bits per heavy atom. The Morgan fingerprint density at radius 2 is 1.80 bits per heavy atom. The average Bonchev–Trinajstić information content (AvgIpc) is 3.22. The van der Waals surface area contributed by atoms with E-state index >= 15 is 0 Å². The molecule has 35 heavy (non-hydrogen) atoms. The highest BCUT2D eigenvalue weighted by molar-refractivity contribution is 6.01. The van der Waals surface area contributed by atoms with Gasteiger partial charge in [0.05, 0.1) is 6.61 Å². The van der Waals surface area contributed by atoms with Gasteiger partial charge in [-0.15, -0.1) is 0 Å². The van der Waals surface area contributed by atoms with Crippen LogP contribution in [0.4, 0.5) is 0 Å². The minimum absolute atomic E-state index is 0.0407. The van der Waals surface area contributed by atoms with Crippen molar-refractivity contribution in [2.45, 2.75) is 13.5 Å². The molecule has 0 aliphatic heterocycles. The zero-order valence-corrected chi connectivity index (χ0v) is 19.1. The van der Waals surface area contributed by atoms with Crippen LogP contribution in [0.2, 0.25) is 0 Å². The molecule has 0 spiro atoms. The molecule has 0 saturated carbocycles. The van der Waals surface area contributed by atoms with Crippen molar-refractivity contribution >= 4 is 33.5 Å². The number of nitrogens with two attached hydrogens (primary N) is 1. The van der Waals surface area contributed by atoms with Crippen molar-refractivity contribution in [2.75, 3.05) is 6.61 Å². The average molecular weight is 466 g/mol. The summed E-state index contributed by atoms with van der Waals surface area (Å²) in [6.45, 7) is 2.41. The summed E-state index contributed by atoms with van der Waals surface area (Å²) in [6, 6.07) is 21.1. The molecule has 0 radical (unpaired) electrons. The molecule has 2 aromatic heterocycles. The van der Waals surface area contributed by atoms with Crippen LogP contribution in [0.1, 0.15) is 28.5 Å². The zero-order chi connectivity index (χ0) is 24.4. The first-order valence-electron chi connectivity index (χ1n) is 11.1. The number of aromatic nitrogens is 3. The van der Waals surface area contributed by atoms with Crippen LogP contribution >= 0.6 is 0 Å². The topological polar surface area (TPSA) is 116 Å². The monoisotopic (exact) mass is 465 g/mol.